The Bertz CT molecular complexity index is 1130. The van der Waals surface area contributed by atoms with E-state index < -0.39 is 5.97 Å². The highest BCUT2D eigenvalue weighted by molar-refractivity contribution is 5.86. The average molecular weight is 436 g/mol. The highest BCUT2D eigenvalue weighted by Gasteiger charge is 2.25. The lowest BCUT2D eigenvalue weighted by Crippen LogP contribution is -2.22. The van der Waals surface area contributed by atoms with Crippen molar-refractivity contribution < 1.29 is 14.3 Å². The summed E-state index contributed by atoms with van der Waals surface area (Å²) in [5, 5.41) is 6.80. The van der Waals surface area contributed by atoms with Crippen LogP contribution in [0.2, 0.25) is 0 Å². The second kappa shape index (κ2) is 9.46. The fourth-order valence-corrected chi connectivity index (χ4v) is 3.72. The van der Waals surface area contributed by atoms with E-state index in [0.29, 0.717) is 11.5 Å². The van der Waals surface area contributed by atoms with Crippen LogP contribution in [-0.4, -0.2) is 51.8 Å². The van der Waals surface area contributed by atoms with E-state index >= 15 is 0 Å². The molecule has 32 heavy (non-hydrogen) atoms. The molecule has 166 valence electrons. The molecule has 4 rings (SSSR count). The van der Waals surface area contributed by atoms with E-state index in [1.54, 1.807) is 24.5 Å². The Morgan fingerprint density at radius 1 is 1.00 bits per heavy atom. The molecule has 0 radical (unpaired) electrons. The van der Waals surface area contributed by atoms with E-state index in [0.717, 1.165) is 25.1 Å². The summed E-state index contributed by atoms with van der Waals surface area (Å²) in [5.74, 6) is 1.14. The highest BCUT2D eigenvalue weighted by Crippen LogP contribution is 2.25. The van der Waals surface area contributed by atoms with Crippen molar-refractivity contribution >= 4 is 17.6 Å². The summed E-state index contributed by atoms with van der Waals surface area (Å²) in [6, 6.07) is 7.59. The van der Waals surface area contributed by atoms with Gasteiger partial charge in [-0.2, -0.15) is 0 Å². The molecule has 0 unspecified atom stereocenters. The molecule has 0 saturated heterocycles. The summed E-state index contributed by atoms with van der Waals surface area (Å²) in [5.41, 5.74) is 0.610. The maximum atomic E-state index is 12.4. The number of carbonyl (C=O) groups is 1. The predicted octanol–water partition coefficient (Wildman–Crippen LogP) is 2.26. The van der Waals surface area contributed by atoms with Crippen LogP contribution >= 0.6 is 0 Å². The van der Waals surface area contributed by atoms with Gasteiger partial charge in [0.25, 0.3) is 5.56 Å². The van der Waals surface area contributed by atoms with Crippen molar-refractivity contribution in [3.05, 3.63) is 65.1 Å². The molecule has 0 aromatic carbocycles. The predicted molar refractivity (Wildman–Crippen MR) is 118 cm³/mol. The van der Waals surface area contributed by atoms with Crippen LogP contribution in [0.4, 0.5) is 11.6 Å². The number of nitrogens with one attached hydrogen (secondary N) is 2. The normalized spacial score (nSPS) is 17.6. The first-order chi connectivity index (χ1) is 15.6. The molecule has 3 aromatic rings. The number of aromatic nitrogens is 4. The Labute approximate surface area is 184 Å². The van der Waals surface area contributed by atoms with Gasteiger partial charge in [0, 0.05) is 18.3 Å². The van der Waals surface area contributed by atoms with Gasteiger partial charge in [-0.3, -0.25) is 9.36 Å². The number of hydrogen-bond acceptors (Lipinski definition) is 9. The number of carbonyl (C=O) groups excluding carboxylic acids is 1. The number of ether oxygens (including phenoxy) is 2. The maximum absolute atomic E-state index is 12.4. The summed E-state index contributed by atoms with van der Waals surface area (Å²) in [4.78, 5) is 36.6. The fourth-order valence-electron chi connectivity index (χ4n) is 3.72. The van der Waals surface area contributed by atoms with Gasteiger partial charge in [-0.1, -0.05) is 0 Å². The molecule has 3 heterocycles. The van der Waals surface area contributed by atoms with Crippen LogP contribution in [-0.2, 0) is 4.74 Å². The Kier molecular flexibility index (Phi) is 6.29. The summed E-state index contributed by atoms with van der Waals surface area (Å²) in [6.07, 6.45) is 9.11. The first kappa shape index (κ1) is 21.3. The lowest BCUT2D eigenvalue weighted by atomic mass is 10.2. The third kappa shape index (κ3) is 4.69. The van der Waals surface area contributed by atoms with E-state index in [2.05, 4.69) is 30.3 Å². The summed E-state index contributed by atoms with van der Waals surface area (Å²) < 4.78 is 11.2. The molecule has 2 N–H and O–H groups in total. The molecule has 1 aliphatic carbocycles. The largest absolute Gasteiger partial charge is 0.491 e. The van der Waals surface area contributed by atoms with E-state index in [9.17, 15) is 9.59 Å². The van der Waals surface area contributed by atoms with Crippen molar-refractivity contribution in [3.8, 4) is 11.4 Å². The van der Waals surface area contributed by atoms with Crippen LogP contribution in [0, 0.1) is 0 Å². The van der Waals surface area contributed by atoms with Gasteiger partial charge in [-0.05, 0) is 43.5 Å². The molecule has 3 aromatic heterocycles. The fraction of sp³-hybridized carbons (Fsp3) is 0.318. The zero-order chi connectivity index (χ0) is 22.5. The van der Waals surface area contributed by atoms with Crippen LogP contribution in [0.25, 0.3) is 5.69 Å². The third-order valence-corrected chi connectivity index (χ3v) is 5.34. The van der Waals surface area contributed by atoms with Crippen molar-refractivity contribution in [2.45, 2.75) is 31.3 Å². The third-order valence-electron chi connectivity index (χ3n) is 5.34. The quantitative estimate of drug-likeness (QED) is 0.537. The molecule has 0 amide bonds. The number of methoxy groups -OCH3 is 2. The number of pyridine rings is 2. The molecular weight excluding hydrogens is 412 g/mol. The van der Waals surface area contributed by atoms with E-state index in [1.807, 2.05) is 12.1 Å². The van der Waals surface area contributed by atoms with Crippen LogP contribution < -0.4 is 20.9 Å². The van der Waals surface area contributed by atoms with Gasteiger partial charge in [0.15, 0.2) is 11.4 Å². The second-order valence-corrected chi connectivity index (χ2v) is 7.43. The molecule has 0 aliphatic heterocycles. The molecule has 1 saturated carbocycles. The van der Waals surface area contributed by atoms with Crippen molar-refractivity contribution in [2.24, 2.45) is 0 Å². The molecule has 10 nitrogen and oxygen atoms in total. The molecule has 10 heteroatoms. The molecule has 1 aliphatic rings. The molecule has 0 bridgehead atoms. The van der Waals surface area contributed by atoms with Crippen LogP contribution in [0.3, 0.4) is 0 Å². The van der Waals surface area contributed by atoms with Crippen LogP contribution in [0.15, 0.2) is 53.8 Å². The highest BCUT2D eigenvalue weighted by atomic mass is 16.5. The Morgan fingerprint density at radius 2 is 1.75 bits per heavy atom. The standard InChI is InChI=1S/C22H24N6O4/c1-31-18-4-3-9-28(21(18)29)16-7-8-19(24-11-16)26-14-5-6-15(10-14)27-20-13-23-17(12-25-20)22(30)32-2/h3-4,7-9,11-15H,5-6,10H2,1-2H3,(H,24,26)(H,25,27)/t14-,15-/m0/s1. The topological polar surface area (TPSA) is 120 Å². The van der Waals surface area contributed by atoms with E-state index in [1.165, 1.54) is 31.2 Å². The summed E-state index contributed by atoms with van der Waals surface area (Å²) >= 11 is 0. The lowest BCUT2D eigenvalue weighted by Gasteiger charge is -2.16. The maximum Gasteiger partial charge on any atom is 0.358 e. The minimum absolute atomic E-state index is 0.176. The van der Waals surface area contributed by atoms with Gasteiger partial charge in [0.05, 0.1) is 38.5 Å². The second-order valence-electron chi connectivity index (χ2n) is 7.43. The van der Waals surface area contributed by atoms with Crippen LogP contribution in [0.1, 0.15) is 29.8 Å². The zero-order valence-corrected chi connectivity index (χ0v) is 17.8. The summed E-state index contributed by atoms with van der Waals surface area (Å²) in [6.45, 7) is 0. The monoisotopic (exact) mass is 436 g/mol. The van der Waals surface area contributed by atoms with E-state index in [4.69, 9.17) is 4.74 Å². The van der Waals surface area contributed by atoms with Gasteiger partial charge < -0.3 is 20.1 Å². The van der Waals surface area contributed by atoms with E-state index in [-0.39, 0.29) is 29.1 Å². The minimum atomic E-state index is -0.510. The van der Waals surface area contributed by atoms with Gasteiger partial charge in [0.2, 0.25) is 0 Å². The Hall–Kier alpha value is -3.95. The molecule has 0 spiro atoms. The SMILES string of the molecule is COC(=O)c1cnc(N[C@H]2CC[C@H](Nc3ccc(-n4cccc(OC)c4=O)cn3)C2)cn1. The number of hydrogen-bond donors (Lipinski definition) is 2. The van der Waals surface area contributed by atoms with Crippen molar-refractivity contribution in [1.29, 1.82) is 0 Å². The van der Waals surface area contributed by atoms with Crippen molar-refractivity contribution in [3.63, 3.8) is 0 Å². The number of anilines is 2. The molecular formula is C22H24N6O4. The molecule has 1 fully saturated rings. The lowest BCUT2D eigenvalue weighted by molar-refractivity contribution is 0.0593. The van der Waals surface area contributed by atoms with Crippen LogP contribution in [0.5, 0.6) is 5.75 Å². The number of rotatable bonds is 7. The first-order valence-electron chi connectivity index (χ1n) is 10.2. The summed E-state index contributed by atoms with van der Waals surface area (Å²) in [7, 11) is 2.78. The number of esters is 1. The van der Waals surface area contributed by atoms with Crippen molar-refractivity contribution in [1.82, 2.24) is 19.5 Å². The van der Waals surface area contributed by atoms with Gasteiger partial charge >= 0.3 is 5.97 Å². The van der Waals surface area contributed by atoms with Gasteiger partial charge in [-0.25, -0.2) is 19.7 Å². The van der Waals surface area contributed by atoms with Gasteiger partial charge in [-0.15, -0.1) is 0 Å². The first-order valence-corrected chi connectivity index (χ1v) is 10.2. The minimum Gasteiger partial charge on any atom is -0.491 e. The smallest absolute Gasteiger partial charge is 0.358 e. The zero-order valence-electron chi connectivity index (χ0n) is 17.8. The Balaban J connectivity index is 1.34. The van der Waals surface area contributed by atoms with Gasteiger partial charge in [0.1, 0.15) is 11.6 Å². The average Bonchev–Trinajstić information content (AvgIpc) is 3.26. The van der Waals surface area contributed by atoms with Crippen molar-refractivity contribution in [2.75, 3.05) is 24.9 Å². The number of nitrogens with zero attached hydrogens (tertiary/aromatic N) is 4. The Morgan fingerprint density at radius 3 is 2.38 bits per heavy atom. The molecule has 2 atom stereocenters.